The molecule has 3 aromatic rings. The number of anilines is 1. The molecule has 1 aliphatic heterocycles. The minimum absolute atomic E-state index is 0.0965. The molecule has 4 rings (SSSR count). The van der Waals surface area contributed by atoms with Crippen LogP contribution in [0.15, 0.2) is 53.3 Å². The van der Waals surface area contributed by atoms with Gasteiger partial charge in [-0.3, -0.25) is 9.59 Å². The number of hydrogen-bond acceptors (Lipinski definition) is 4. The van der Waals surface area contributed by atoms with Crippen molar-refractivity contribution in [3.63, 3.8) is 0 Å². The standard InChI is InChI=1S/C20H20N4O2/c1-12-10-15(19(21)25)13-6-3-5-9-17(13)24(12)11-18-22-16-8-4-2-7-14(16)20(26)23-18/h2-9,12,15H,10-11H2,1H3,(H2,21,25)(H,22,23,26). The molecule has 1 aromatic heterocycles. The summed E-state index contributed by atoms with van der Waals surface area (Å²) in [4.78, 5) is 33.9. The van der Waals surface area contributed by atoms with Crippen LogP contribution in [0.4, 0.5) is 5.69 Å². The first-order chi connectivity index (χ1) is 12.5. The van der Waals surface area contributed by atoms with Crippen molar-refractivity contribution in [2.24, 2.45) is 5.73 Å². The molecule has 2 atom stereocenters. The van der Waals surface area contributed by atoms with Crippen LogP contribution in [0.3, 0.4) is 0 Å². The second kappa shape index (κ2) is 6.29. The van der Waals surface area contributed by atoms with Gasteiger partial charge in [-0.2, -0.15) is 0 Å². The highest BCUT2D eigenvalue weighted by atomic mass is 16.1. The van der Waals surface area contributed by atoms with E-state index in [0.29, 0.717) is 29.7 Å². The molecule has 1 amide bonds. The number of aromatic amines is 1. The number of H-pyrrole nitrogens is 1. The number of fused-ring (bicyclic) bond motifs is 2. The summed E-state index contributed by atoms with van der Waals surface area (Å²) in [5.74, 6) is 0.00938. The fourth-order valence-electron chi connectivity index (χ4n) is 3.76. The monoisotopic (exact) mass is 348 g/mol. The van der Waals surface area contributed by atoms with Gasteiger partial charge in [0, 0.05) is 11.7 Å². The van der Waals surface area contributed by atoms with Gasteiger partial charge in [0.2, 0.25) is 5.91 Å². The third-order valence-electron chi connectivity index (χ3n) is 5.06. The van der Waals surface area contributed by atoms with Crippen molar-refractivity contribution in [2.75, 3.05) is 4.90 Å². The number of nitrogens with two attached hydrogens (primary N) is 1. The SMILES string of the molecule is CC1CC(C(N)=O)c2ccccc2N1Cc1nc2ccccc2c(=O)[nH]1. The minimum atomic E-state index is -0.304. The lowest BCUT2D eigenvalue weighted by Gasteiger charge is -2.39. The maximum atomic E-state index is 12.3. The minimum Gasteiger partial charge on any atom is -0.369 e. The summed E-state index contributed by atoms with van der Waals surface area (Å²) >= 11 is 0. The second-order valence-electron chi connectivity index (χ2n) is 6.76. The van der Waals surface area contributed by atoms with Gasteiger partial charge in [-0.05, 0) is 37.1 Å². The lowest BCUT2D eigenvalue weighted by Crippen LogP contribution is -2.41. The van der Waals surface area contributed by atoms with Crippen molar-refractivity contribution >= 4 is 22.5 Å². The summed E-state index contributed by atoms with van der Waals surface area (Å²) in [6.45, 7) is 2.52. The summed E-state index contributed by atoms with van der Waals surface area (Å²) in [5.41, 5.74) is 8.04. The van der Waals surface area contributed by atoms with E-state index >= 15 is 0 Å². The number of rotatable bonds is 3. The van der Waals surface area contributed by atoms with Crippen molar-refractivity contribution < 1.29 is 4.79 Å². The molecular formula is C20H20N4O2. The molecule has 2 heterocycles. The highest BCUT2D eigenvalue weighted by Crippen LogP contribution is 2.38. The first kappa shape index (κ1) is 16.3. The molecule has 0 spiro atoms. The van der Waals surface area contributed by atoms with Crippen LogP contribution in [0.5, 0.6) is 0 Å². The number of amides is 1. The van der Waals surface area contributed by atoms with Gasteiger partial charge >= 0.3 is 0 Å². The quantitative estimate of drug-likeness (QED) is 0.759. The third-order valence-corrected chi connectivity index (χ3v) is 5.06. The Hall–Kier alpha value is -3.15. The van der Waals surface area contributed by atoms with Crippen molar-refractivity contribution in [1.82, 2.24) is 9.97 Å². The lowest BCUT2D eigenvalue weighted by atomic mass is 9.85. The van der Waals surface area contributed by atoms with Gasteiger partial charge in [0.15, 0.2) is 0 Å². The second-order valence-corrected chi connectivity index (χ2v) is 6.76. The highest BCUT2D eigenvalue weighted by Gasteiger charge is 2.33. The molecule has 0 radical (unpaired) electrons. The molecule has 0 fully saturated rings. The van der Waals surface area contributed by atoms with E-state index in [9.17, 15) is 9.59 Å². The number of para-hydroxylation sites is 2. The third kappa shape index (κ3) is 2.73. The summed E-state index contributed by atoms with van der Waals surface area (Å²) in [5, 5.41) is 0.581. The molecule has 0 aliphatic carbocycles. The fourth-order valence-corrected chi connectivity index (χ4v) is 3.76. The summed E-state index contributed by atoms with van der Waals surface area (Å²) in [7, 11) is 0. The average Bonchev–Trinajstić information content (AvgIpc) is 2.63. The molecule has 0 saturated heterocycles. The maximum Gasteiger partial charge on any atom is 0.258 e. The zero-order valence-corrected chi connectivity index (χ0v) is 14.5. The van der Waals surface area contributed by atoms with Gasteiger partial charge < -0.3 is 15.6 Å². The number of benzene rings is 2. The molecule has 2 aromatic carbocycles. The molecular weight excluding hydrogens is 328 g/mol. The van der Waals surface area contributed by atoms with Gasteiger partial charge in [-0.15, -0.1) is 0 Å². The van der Waals surface area contributed by atoms with E-state index < -0.39 is 0 Å². The number of hydrogen-bond donors (Lipinski definition) is 2. The van der Waals surface area contributed by atoms with Gasteiger partial charge in [0.1, 0.15) is 5.82 Å². The Morgan fingerprint density at radius 3 is 2.77 bits per heavy atom. The first-order valence-corrected chi connectivity index (χ1v) is 8.67. The predicted molar refractivity (Wildman–Crippen MR) is 101 cm³/mol. The molecule has 3 N–H and O–H groups in total. The van der Waals surface area contributed by atoms with Crippen molar-refractivity contribution in [1.29, 1.82) is 0 Å². The maximum absolute atomic E-state index is 12.3. The van der Waals surface area contributed by atoms with E-state index in [4.69, 9.17) is 5.73 Å². The Balaban J connectivity index is 1.75. The molecule has 26 heavy (non-hydrogen) atoms. The van der Waals surface area contributed by atoms with E-state index in [1.165, 1.54) is 0 Å². The van der Waals surface area contributed by atoms with Crippen LogP contribution in [0.2, 0.25) is 0 Å². The number of carbonyl (C=O) groups is 1. The van der Waals surface area contributed by atoms with Gasteiger partial charge in [0.25, 0.3) is 5.56 Å². The number of nitrogens with one attached hydrogen (secondary N) is 1. The van der Waals surface area contributed by atoms with E-state index in [1.54, 1.807) is 6.07 Å². The van der Waals surface area contributed by atoms with Crippen LogP contribution in [0, 0.1) is 0 Å². The molecule has 0 saturated carbocycles. The van der Waals surface area contributed by atoms with Crippen molar-refractivity contribution in [3.8, 4) is 0 Å². The largest absolute Gasteiger partial charge is 0.369 e. The zero-order chi connectivity index (χ0) is 18.3. The molecule has 6 heteroatoms. The number of carbonyl (C=O) groups excluding carboxylic acids is 1. The van der Waals surface area contributed by atoms with E-state index in [1.807, 2.05) is 42.5 Å². The Labute approximate surface area is 150 Å². The van der Waals surface area contributed by atoms with E-state index in [2.05, 4.69) is 21.8 Å². The summed E-state index contributed by atoms with van der Waals surface area (Å²) < 4.78 is 0. The predicted octanol–water partition coefficient (Wildman–Crippen LogP) is 2.29. The van der Waals surface area contributed by atoms with Gasteiger partial charge in [0.05, 0.1) is 23.4 Å². The van der Waals surface area contributed by atoms with Gasteiger partial charge in [-0.25, -0.2) is 4.98 Å². The molecule has 132 valence electrons. The number of aromatic nitrogens is 2. The Morgan fingerprint density at radius 2 is 1.96 bits per heavy atom. The number of primary amides is 1. The topological polar surface area (TPSA) is 92.1 Å². The first-order valence-electron chi connectivity index (χ1n) is 8.67. The van der Waals surface area contributed by atoms with Crippen LogP contribution in [0.25, 0.3) is 10.9 Å². The normalized spacial score (nSPS) is 19.3. The molecule has 1 aliphatic rings. The molecule has 2 unspecified atom stereocenters. The summed E-state index contributed by atoms with van der Waals surface area (Å²) in [6, 6.07) is 15.2. The van der Waals surface area contributed by atoms with E-state index in [-0.39, 0.29) is 23.4 Å². The Kier molecular flexibility index (Phi) is 3.95. The van der Waals surface area contributed by atoms with Crippen molar-refractivity contribution in [3.05, 3.63) is 70.3 Å². The fraction of sp³-hybridized carbons (Fsp3) is 0.250. The number of nitrogens with zero attached hydrogens (tertiary/aromatic N) is 2. The smallest absolute Gasteiger partial charge is 0.258 e. The van der Waals surface area contributed by atoms with Crippen LogP contribution in [-0.4, -0.2) is 21.9 Å². The lowest BCUT2D eigenvalue weighted by molar-refractivity contribution is -0.119. The van der Waals surface area contributed by atoms with E-state index in [0.717, 1.165) is 11.3 Å². The Morgan fingerprint density at radius 1 is 1.23 bits per heavy atom. The van der Waals surface area contributed by atoms with Crippen LogP contribution < -0.4 is 16.2 Å². The molecule has 6 nitrogen and oxygen atoms in total. The highest BCUT2D eigenvalue weighted by molar-refractivity contribution is 5.85. The Bertz CT molecular complexity index is 1040. The molecule has 0 bridgehead atoms. The van der Waals surface area contributed by atoms with Crippen LogP contribution in [0.1, 0.15) is 30.7 Å². The van der Waals surface area contributed by atoms with Crippen molar-refractivity contribution in [2.45, 2.75) is 31.8 Å². The van der Waals surface area contributed by atoms with Crippen LogP contribution >= 0.6 is 0 Å². The van der Waals surface area contributed by atoms with Gasteiger partial charge in [-0.1, -0.05) is 30.3 Å². The van der Waals surface area contributed by atoms with Crippen LogP contribution in [-0.2, 0) is 11.3 Å². The summed E-state index contributed by atoms with van der Waals surface area (Å²) in [6.07, 6.45) is 0.643. The average molecular weight is 348 g/mol. The zero-order valence-electron chi connectivity index (χ0n) is 14.5.